The second-order valence-corrected chi connectivity index (χ2v) is 5.95. The summed E-state index contributed by atoms with van der Waals surface area (Å²) in [6.07, 6.45) is 0. The molecule has 0 saturated carbocycles. The molecule has 1 fully saturated rings. The van der Waals surface area contributed by atoms with Gasteiger partial charge >= 0.3 is 5.97 Å². The number of nitrogens with one attached hydrogen (secondary N) is 1. The highest BCUT2D eigenvalue weighted by atomic mass is 32.2. The van der Waals surface area contributed by atoms with E-state index >= 15 is 0 Å². The molecule has 2 aliphatic heterocycles. The average Bonchev–Trinajstić information content (AvgIpc) is 2.81. The molecular formula is C11H16N2O3S2. The van der Waals surface area contributed by atoms with Crippen molar-refractivity contribution >= 4 is 35.4 Å². The third-order valence-electron chi connectivity index (χ3n) is 2.80. The molecule has 0 aliphatic carbocycles. The Morgan fingerprint density at radius 1 is 1.50 bits per heavy atom. The van der Waals surface area contributed by atoms with Crippen LogP contribution in [0, 0.1) is 0 Å². The van der Waals surface area contributed by atoms with Gasteiger partial charge in [-0.25, -0.2) is 4.79 Å². The minimum absolute atomic E-state index is 0.00705. The zero-order chi connectivity index (χ0) is 13.1. The molecule has 2 rings (SSSR count). The number of esters is 1. The van der Waals surface area contributed by atoms with Crippen molar-refractivity contribution < 1.29 is 14.3 Å². The molecule has 1 amide bonds. The number of carbonyl (C=O) groups excluding carboxylic acids is 2. The summed E-state index contributed by atoms with van der Waals surface area (Å²) >= 11 is 3.08. The molecule has 2 heterocycles. The average molecular weight is 288 g/mol. The van der Waals surface area contributed by atoms with E-state index in [1.165, 1.54) is 11.8 Å². The fourth-order valence-corrected chi connectivity index (χ4v) is 4.47. The van der Waals surface area contributed by atoms with Crippen LogP contribution in [0.1, 0.15) is 6.92 Å². The number of fused-ring (bicyclic) bond motifs is 1. The van der Waals surface area contributed by atoms with Crippen LogP contribution in [-0.2, 0) is 14.3 Å². The highest BCUT2D eigenvalue weighted by Gasteiger charge is 2.39. The fraction of sp³-hybridized carbons (Fsp3) is 0.636. The number of carbonyl (C=O) groups is 2. The lowest BCUT2D eigenvalue weighted by Crippen LogP contribution is -2.45. The maximum absolute atomic E-state index is 11.8. The largest absolute Gasteiger partial charge is 0.462 e. The number of likely N-dealkylation sites (N-methyl/N-ethyl adjacent to an activating group) is 1. The van der Waals surface area contributed by atoms with E-state index in [4.69, 9.17) is 4.74 Å². The van der Waals surface area contributed by atoms with Crippen LogP contribution < -0.4 is 5.32 Å². The second-order valence-electron chi connectivity index (χ2n) is 3.84. The topological polar surface area (TPSA) is 58.6 Å². The van der Waals surface area contributed by atoms with Gasteiger partial charge in [-0.05, 0) is 6.92 Å². The normalized spacial score (nSPS) is 22.8. The first-order valence-electron chi connectivity index (χ1n) is 5.84. The molecule has 1 atom stereocenters. The summed E-state index contributed by atoms with van der Waals surface area (Å²) in [5, 5.41) is 3.57. The van der Waals surface area contributed by atoms with Gasteiger partial charge in [0, 0.05) is 25.1 Å². The number of hydrogen-bond acceptors (Lipinski definition) is 6. The summed E-state index contributed by atoms with van der Waals surface area (Å²) in [5.74, 6) is 1.24. The highest BCUT2D eigenvalue weighted by molar-refractivity contribution is 8.07. The fourth-order valence-electron chi connectivity index (χ4n) is 1.96. The summed E-state index contributed by atoms with van der Waals surface area (Å²) in [6.45, 7) is 2.97. The van der Waals surface area contributed by atoms with Crippen molar-refractivity contribution in [3.05, 3.63) is 9.93 Å². The first-order valence-corrected chi connectivity index (χ1v) is 7.81. The Morgan fingerprint density at radius 2 is 2.28 bits per heavy atom. The third-order valence-corrected chi connectivity index (χ3v) is 5.16. The monoisotopic (exact) mass is 288 g/mol. The van der Waals surface area contributed by atoms with E-state index < -0.39 is 0 Å². The van der Waals surface area contributed by atoms with Crippen molar-refractivity contribution in [2.75, 3.05) is 31.7 Å². The van der Waals surface area contributed by atoms with Gasteiger partial charge in [0.25, 0.3) is 0 Å². The van der Waals surface area contributed by atoms with Gasteiger partial charge in [0.15, 0.2) is 0 Å². The van der Waals surface area contributed by atoms with E-state index in [-0.39, 0.29) is 17.9 Å². The SMILES string of the molecule is CCOC(=O)C1=C2SCC(C(=O)NC)N2CCS1. The Balaban J connectivity index is 2.22. The molecular weight excluding hydrogens is 272 g/mol. The van der Waals surface area contributed by atoms with Gasteiger partial charge in [0.1, 0.15) is 10.9 Å². The molecule has 18 heavy (non-hydrogen) atoms. The maximum Gasteiger partial charge on any atom is 0.347 e. The van der Waals surface area contributed by atoms with Gasteiger partial charge in [-0.1, -0.05) is 0 Å². The lowest BCUT2D eigenvalue weighted by molar-refractivity contribution is -0.137. The number of ether oxygens (including phenoxy) is 1. The zero-order valence-corrected chi connectivity index (χ0v) is 12.0. The van der Waals surface area contributed by atoms with E-state index in [0.29, 0.717) is 17.3 Å². The van der Waals surface area contributed by atoms with E-state index in [1.807, 2.05) is 4.90 Å². The Morgan fingerprint density at radius 3 is 2.94 bits per heavy atom. The molecule has 1 unspecified atom stereocenters. The van der Waals surface area contributed by atoms with Crippen molar-refractivity contribution in [1.82, 2.24) is 10.2 Å². The lowest BCUT2D eigenvalue weighted by Gasteiger charge is -2.30. The molecule has 1 saturated heterocycles. The van der Waals surface area contributed by atoms with Crippen LogP contribution in [0.15, 0.2) is 9.93 Å². The number of amides is 1. The van der Waals surface area contributed by atoms with Crippen LogP contribution >= 0.6 is 23.5 Å². The van der Waals surface area contributed by atoms with Crippen LogP contribution in [0.4, 0.5) is 0 Å². The minimum atomic E-state index is -0.271. The van der Waals surface area contributed by atoms with Crippen LogP contribution in [-0.4, -0.2) is 54.5 Å². The zero-order valence-electron chi connectivity index (χ0n) is 10.4. The molecule has 0 spiro atoms. The number of thioether (sulfide) groups is 2. The van der Waals surface area contributed by atoms with Crippen molar-refractivity contribution in [3.63, 3.8) is 0 Å². The van der Waals surface area contributed by atoms with Crippen molar-refractivity contribution in [1.29, 1.82) is 0 Å². The first-order chi connectivity index (χ1) is 8.69. The molecule has 0 radical (unpaired) electrons. The van der Waals surface area contributed by atoms with Crippen molar-refractivity contribution in [2.45, 2.75) is 13.0 Å². The molecule has 2 aliphatic rings. The van der Waals surface area contributed by atoms with Gasteiger partial charge in [-0.3, -0.25) is 4.79 Å². The van der Waals surface area contributed by atoms with Gasteiger partial charge in [0.05, 0.1) is 11.6 Å². The van der Waals surface area contributed by atoms with E-state index in [0.717, 1.165) is 17.3 Å². The maximum atomic E-state index is 11.8. The Kier molecular flexibility index (Phi) is 4.45. The van der Waals surface area contributed by atoms with E-state index in [1.54, 1.807) is 25.7 Å². The number of nitrogens with zero attached hydrogens (tertiary/aromatic N) is 1. The van der Waals surface area contributed by atoms with Gasteiger partial charge in [-0.2, -0.15) is 0 Å². The molecule has 0 aromatic heterocycles. The predicted octanol–water partition coefficient (Wildman–Crippen LogP) is 0.629. The van der Waals surface area contributed by atoms with Crippen molar-refractivity contribution in [2.24, 2.45) is 0 Å². The Hall–Kier alpha value is -0.820. The summed E-state index contributed by atoms with van der Waals surface area (Å²) in [5.41, 5.74) is 0. The van der Waals surface area contributed by atoms with Gasteiger partial charge < -0.3 is 15.0 Å². The molecule has 0 aromatic carbocycles. The van der Waals surface area contributed by atoms with Crippen LogP contribution in [0.2, 0.25) is 0 Å². The lowest BCUT2D eigenvalue weighted by atomic mass is 10.2. The number of hydrogen-bond donors (Lipinski definition) is 1. The summed E-state index contributed by atoms with van der Waals surface area (Å²) in [4.78, 5) is 26.3. The Bertz CT molecular complexity index is 398. The second kappa shape index (κ2) is 5.88. The molecule has 0 bridgehead atoms. The molecule has 1 N–H and O–H groups in total. The molecule has 7 heteroatoms. The minimum Gasteiger partial charge on any atom is -0.462 e. The molecule has 100 valence electrons. The molecule has 5 nitrogen and oxygen atoms in total. The van der Waals surface area contributed by atoms with Crippen LogP contribution in [0.5, 0.6) is 0 Å². The van der Waals surface area contributed by atoms with Crippen LogP contribution in [0.3, 0.4) is 0 Å². The standard InChI is InChI=1S/C11H16N2O3S2/c1-3-16-11(15)8-10-13(4-5-17-8)7(6-18-10)9(14)12-2/h7H,3-6H2,1-2H3,(H,12,14). The van der Waals surface area contributed by atoms with Crippen LogP contribution in [0.25, 0.3) is 0 Å². The first kappa shape index (κ1) is 13.6. The van der Waals surface area contributed by atoms with E-state index in [9.17, 15) is 9.59 Å². The number of rotatable bonds is 3. The predicted molar refractivity (Wildman–Crippen MR) is 73.1 cm³/mol. The highest BCUT2D eigenvalue weighted by Crippen LogP contribution is 2.42. The third kappa shape index (κ3) is 2.47. The summed E-state index contributed by atoms with van der Waals surface area (Å²) in [7, 11) is 1.64. The smallest absolute Gasteiger partial charge is 0.347 e. The van der Waals surface area contributed by atoms with Gasteiger partial charge in [-0.15, -0.1) is 23.5 Å². The van der Waals surface area contributed by atoms with E-state index in [2.05, 4.69) is 5.32 Å². The molecule has 0 aromatic rings. The Labute approximate surface area is 115 Å². The quantitative estimate of drug-likeness (QED) is 0.769. The van der Waals surface area contributed by atoms with Gasteiger partial charge in [0.2, 0.25) is 5.91 Å². The van der Waals surface area contributed by atoms with Crippen molar-refractivity contribution in [3.8, 4) is 0 Å². The summed E-state index contributed by atoms with van der Waals surface area (Å²) < 4.78 is 5.05. The summed E-state index contributed by atoms with van der Waals surface area (Å²) in [6, 6.07) is -0.166.